The Kier molecular flexibility index (Phi) is 8.71. The van der Waals surface area contributed by atoms with Crippen molar-refractivity contribution < 1.29 is 14.7 Å². The maximum atomic E-state index is 12.9. The summed E-state index contributed by atoms with van der Waals surface area (Å²) in [6.45, 7) is 1.91. The van der Waals surface area contributed by atoms with E-state index < -0.39 is 11.2 Å². The molecular formula is C24H22ClN3O3S2. The number of hydrogen-bond donors (Lipinski definition) is 4. The Morgan fingerprint density at radius 2 is 1.67 bits per heavy atom. The van der Waals surface area contributed by atoms with Gasteiger partial charge in [0.25, 0.3) is 0 Å². The van der Waals surface area contributed by atoms with Crippen LogP contribution < -0.4 is 16.0 Å². The largest absolute Gasteiger partial charge is 0.478 e. The molecule has 0 aliphatic heterocycles. The van der Waals surface area contributed by atoms with Crippen LogP contribution in [0.3, 0.4) is 0 Å². The van der Waals surface area contributed by atoms with Crippen LogP contribution in [-0.4, -0.2) is 27.3 Å². The summed E-state index contributed by atoms with van der Waals surface area (Å²) in [5.74, 6) is -1.35. The number of rotatable bonds is 8. The smallest absolute Gasteiger partial charge is 0.335 e. The van der Waals surface area contributed by atoms with Gasteiger partial charge in [-0.2, -0.15) is 0 Å². The van der Waals surface area contributed by atoms with E-state index in [1.807, 2.05) is 61.5 Å². The van der Waals surface area contributed by atoms with Crippen molar-refractivity contribution in [2.24, 2.45) is 0 Å². The fraction of sp³-hybridized carbons (Fsp3) is 0.125. The maximum absolute atomic E-state index is 12.9. The summed E-state index contributed by atoms with van der Waals surface area (Å²) < 4.78 is 0. The normalized spacial score (nSPS) is 11.3. The maximum Gasteiger partial charge on any atom is 0.335 e. The summed E-state index contributed by atoms with van der Waals surface area (Å²) in [5.41, 5.74) is 2.00. The molecule has 9 heteroatoms. The van der Waals surface area contributed by atoms with E-state index in [-0.39, 0.29) is 22.2 Å². The fourth-order valence-electron chi connectivity index (χ4n) is 2.92. The highest BCUT2D eigenvalue weighted by Gasteiger charge is 2.20. The van der Waals surface area contributed by atoms with Crippen LogP contribution in [0.4, 0.5) is 17.1 Å². The molecule has 0 saturated heterocycles. The van der Waals surface area contributed by atoms with E-state index >= 15 is 0 Å². The molecule has 0 bridgehead atoms. The topological polar surface area (TPSA) is 90.5 Å². The van der Waals surface area contributed by atoms with Crippen molar-refractivity contribution in [3.05, 3.63) is 83.4 Å². The molecule has 1 amide bonds. The number of anilines is 3. The monoisotopic (exact) mass is 499 g/mol. The standard InChI is InChI=1S/C24H22ClN3O3S2/c1-2-21(22(29)28-20-13-15(23(30)31)11-12-19(20)25)33-18-10-6-9-17(14-18)27-24(32)26-16-7-4-3-5-8-16/h3-14,21H,2H2,1H3,(H,28,29)(H,30,31)(H2,26,27,32). The first kappa shape index (κ1) is 24.6. The van der Waals surface area contributed by atoms with E-state index in [0.29, 0.717) is 11.5 Å². The number of carboxylic acid groups (broad SMARTS) is 1. The highest BCUT2D eigenvalue weighted by atomic mass is 35.5. The van der Waals surface area contributed by atoms with Crippen molar-refractivity contribution in [1.82, 2.24) is 0 Å². The molecule has 1 atom stereocenters. The summed E-state index contributed by atoms with van der Waals surface area (Å²) in [6.07, 6.45) is 0.568. The highest BCUT2D eigenvalue weighted by Crippen LogP contribution is 2.30. The summed E-state index contributed by atoms with van der Waals surface area (Å²) >= 11 is 12.9. The van der Waals surface area contributed by atoms with Gasteiger partial charge in [-0.1, -0.05) is 42.8 Å². The first-order chi connectivity index (χ1) is 15.9. The molecule has 0 aliphatic carbocycles. The number of hydrogen-bond acceptors (Lipinski definition) is 4. The molecule has 0 aliphatic rings. The molecule has 3 rings (SSSR count). The number of thioether (sulfide) groups is 1. The van der Waals surface area contributed by atoms with Crippen LogP contribution in [0.1, 0.15) is 23.7 Å². The Hall–Kier alpha value is -3.07. The van der Waals surface area contributed by atoms with Crippen molar-refractivity contribution in [2.75, 3.05) is 16.0 Å². The van der Waals surface area contributed by atoms with E-state index in [9.17, 15) is 14.7 Å². The van der Waals surface area contributed by atoms with Crippen LogP contribution in [0.15, 0.2) is 77.7 Å². The molecule has 0 aromatic heterocycles. The van der Waals surface area contributed by atoms with Gasteiger partial charge in [0.15, 0.2) is 5.11 Å². The third-order valence-electron chi connectivity index (χ3n) is 4.54. The predicted molar refractivity (Wildman–Crippen MR) is 140 cm³/mol. The Morgan fingerprint density at radius 3 is 2.36 bits per heavy atom. The van der Waals surface area contributed by atoms with Gasteiger partial charge < -0.3 is 21.1 Å². The van der Waals surface area contributed by atoms with Crippen molar-refractivity contribution in [3.63, 3.8) is 0 Å². The average Bonchev–Trinajstić information content (AvgIpc) is 2.79. The molecule has 3 aromatic carbocycles. The molecule has 0 spiro atoms. The minimum Gasteiger partial charge on any atom is -0.478 e. The van der Waals surface area contributed by atoms with E-state index in [1.54, 1.807) is 0 Å². The Bertz CT molecular complexity index is 1160. The summed E-state index contributed by atoms with van der Waals surface area (Å²) in [5, 5.41) is 18.5. The van der Waals surface area contributed by atoms with Crippen molar-refractivity contribution in [3.8, 4) is 0 Å². The lowest BCUT2D eigenvalue weighted by atomic mass is 10.2. The zero-order valence-corrected chi connectivity index (χ0v) is 20.1. The number of carbonyl (C=O) groups is 2. The Labute approximate surface area is 206 Å². The molecule has 0 radical (unpaired) electrons. The predicted octanol–water partition coefficient (Wildman–Crippen LogP) is 6.36. The number of carboxylic acids is 1. The lowest BCUT2D eigenvalue weighted by Gasteiger charge is -2.17. The number of aromatic carboxylic acids is 1. The van der Waals surface area contributed by atoms with Crippen LogP contribution in [0, 0.1) is 0 Å². The van der Waals surface area contributed by atoms with Gasteiger partial charge in [0.2, 0.25) is 5.91 Å². The number of nitrogens with one attached hydrogen (secondary N) is 3. The first-order valence-corrected chi connectivity index (χ1v) is 11.8. The Balaban J connectivity index is 1.65. The van der Waals surface area contributed by atoms with E-state index in [2.05, 4.69) is 16.0 Å². The Morgan fingerprint density at radius 1 is 0.970 bits per heavy atom. The van der Waals surface area contributed by atoms with Crippen LogP contribution in [0.25, 0.3) is 0 Å². The molecule has 4 N–H and O–H groups in total. The summed E-state index contributed by atoms with van der Waals surface area (Å²) in [7, 11) is 0. The molecule has 0 saturated carbocycles. The van der Waals surface area contributed by atoms with Crippen LogP contribution >= 0.6 is 35.6 Å². The minimum absolute atomic E-state index is 0.0502. The van der Waals surface area contributed by atoms with Crippen LogP contribution in [-0.2, 0) is 4.79 Å². The summed E-state index contributed by atoms with van der Waals surface area (Å²) in [4.78, 5) is 25.0. The van der Waals surface area contributed by atoms with E-state index in [4.69, 9.17) is 23.8 Å². The highest BCUT2D eigenvalue weighted by molar-refractivity contribution is 8.00. The van der Waals surface area contributed by atoms with Crippen molar-refractivity contribution >= 4 is 69.6 Å². The molecule has 3 aromatic rings. The zero-order valence-electron chi connectivity index (χ0n) is 17.7. The lowest BCUT2D eigenvalue weighted by molar-refractivity contribution is -0.115. The van der Waals surface area contributed by atoms with Gasteiger partial charge in [0, 0.05) is 16.3 Å². The molecule has 0 fully saturated rings. The third-order valence-corrected chi connectivity index (χ3v) is 6.43. The number of para-hydroxylation sites is 1. The number of carbonyl (C=O) groups excluding carboxylic acids is 1. The zero-order chi connectivity index (χ0) is 23.8. The van der Waals surface area contributed by atoms with Gasteiger partial charge in [-0.15, -0.1) is 11.8 Å². The second kappa shape index (κ2) is 11.7. The second-order valence-corrected chi connectivity index (χ2v) is 9.07. The lowest BCUT2D eigenvalue weighted by Crippen LogP contribution is -2.25. The number of thiocarbonyl (C=S) groups is 1. The second-order valence-electron chi connectivity index (χ2n) is 6.98. The first-order valence-electron chi connectivity index (χ1n) is 10.1. The van der Waals surface area contributed by atoms with Crippen molar-refractivity contribution in [1.29, 1.82) is 0 Å². The molecular weight excluding hydrogens is 478 g/mol. The van der Waals surface area contributed by atoms with Gasteiger partial charge in [0.1, 0.15) is 0 Å². The third kappa shape index (κ3) is 7.21. The SMILES string of the molecule is CCC(Sc1cccc(NC(=S)Nc2ccccc2)c1)C(=O)Nc1cc(C(=O)O)ccc1Cl. The summed E-state index contributed by atoms with van der Waals surface area (Å²) in [6, 6.07) is 21.4. The number of benzene rings is 3. The minimum atomic E-state index is -1.09. The number of halogens is 1. The van der Waals surface area contributed by atoms with E-state index in [0.717, 1.165) is 16.3 Å². The molecule has 1 unspecified atom stereocenters. The van der Waals surface area contributed by atoms with Crippen molar-refractivity contribution in [2.45, 2.75) is 23.5 Å². The number of amides is 1. The fourth-order valence-corrected chi connectivity index (χ4v) is 4.33. The molecule has 33 heavy (non-hydrogen) atoms. The van der Waals surface area contributed by atoms with Gasteiger partial charge in [-0.05, 0) is 67.2 Å². The molecule has 6 nitrogen and oxygen atoms in total. The van der Waals surface area contributed by atoms with Gasteiger partial charge >= 0.3 is 5.97 Å². The van der Waals surface area contributed by atoms with Crippen LogP contribution in [0.5, 0.6) is 0 Å². The van der Waals surface area contributed by atoms with Gasteiger partial charge in [0.05, 0.1) is 21.5 Å². The molecule has 0 heterocycles. The van der Waals surface area contributed by atoms with Gasteiger partial charge in [-0.3, -0.25) is 4.79 Å². The quantitative estimate of drug-likeness (QED) is 0.212. The van der Waals surface area contributed by atoms with Crippen LogP contribution in [0.2, 0.25) is 5.02 Å². The van der Waals surface area contributed by atoms with Gasteiger partial charge in [-0.25, -0.2) is 4.79 Å². The molecule has 170 valence electrons. The average molecular weight is 500 g/mol. The van der Waals surface area contributed by atoms with E-state index in [1.165, 1.54) is 30.0 Å².